The lowest BCUT2D eigenvalue weighted by Crippen LogP contribution is -2.45. The van der Waals surface area contributed by atoms with Gasteiger partial charge in [-0.25, -0.2) is 9.97 Å². The van der Waals surface area contributed by atoms with E-state index in [1.807, 2.05) is 36.4 Å². The Kier molecular flexibility index (Phi) is 5.96. The fourth-order valence-corrected chi connectivity index (χ4v) is 5.73. The zero-order valence-corrected chi connectivity index (χ0v) is 17.4. The van der Waals surface area contributed by atoms with Gasteiger partial charge in [0.15, 0.2) is 0 Å². The van der Waals surface area contributed by atoms with Crippen LogP contribution in [-0.4, -0.2) is 53.2 Å². The van der Waals surface area contributed by atoms with E-state index in [0.717, 1.165) is 23.0 Å². The number of nitrogens with zero attached hydrogens (tertiary/aromatic N) is 3. The van der Waals surface area contributed by atoms with Crippen molar-refractivity contribution >= 4 is 28.2 Å². The predicted octanol–water partition coefficient (Wildman–Crippen LogP) is 3.17. The van der Waals surface area contributed by atoms with Gasteiger partial charge in [-0.3, -0.25) is 4.21 Å². The smallest absolute Gasteiger partial charge is 0.224 e. The summed E-state index contributed by atoms with van der Waals surface area (Å²) < 4.78 is 24.2. The minimum absolute atomic E-state index is 0.183. The molecule has 8 heteroatoms. The Morgan fingerprint density at radius 3 is 2.61 bits per heavy atom. The predicted molar refractivity (Wildman–Crippen MR) is 109 cm³/mol. The quantitative estimate of drug-likeness (QED) is 0.706. The first kappa shape index (κ1) is 19.8. The molecule has 6 nitrogen and oxygen atoms in total. The molecule has 0 radical (unpaired) electrons. The van der Waals surface area contributed by atoms with E-state index in [2.05, 4.69) is 21.8 Å². The van der Waals surface area contributed by atoms with Crippen molar-refractivity contribution in [1.82, 2.24) is 9.97 Å². The molecule has 1 aromatic heterocycles. The summed E-state index contributed by atoms with van der Waals surface area (Å²) in [6.45, 7) is 5.22. The molecule has 0 aliphatic carbocycles. The van der Waals surface area contributed by atoms with Crippen LogP contribution in [0, 0.1) is 0 Å². The van der Waals surface area contributed by atoms with E-state index in [0.29, 0.717) is 39.3 Å². The molecule has 1 aromatic carbocycles. The summed E-state index contributed by atoms with van der Waals surface area (Å²) in [5, 5.41) is 0.183. The molecular formula is C20H24ClN3O3S. The molecule has 150 valence electrons. The highest BCUT2D eigenvalue weighted by Crippen LogP contribution is 2.41. The molecular weight excluding hydrogens is 398 g/mol. The fourth-order valence-electron chi connectivity index (χ4n) is 3.86. The topological polar surface area (TPSA) is 64.5 Å². The molecule has 4 rings (SSSR count). The molecule has 3 heterocycles. The summed E-state index contributed by atoms with van der Waals surface area (Å²) in [5.74, 6) is 0.765. The molecule has 28 heavy (non-hydrogen) atoms. The van der Waals surface area contributed by atoms with Gasteiger partial charge >= 0.3 is 0 Å². The number of rotatable bonds is 4. The van der Waals surface area contributed by atoms with Gasteiger partial charge in [0.2, 0.25) is 5.28 Å². The van der Waals surface area contributed by atoms with Crippen LogP contribution in [0.5, 0.6) is 0 Å². The van der Waals surface area contributed by atoms with Crippen molar-refractivity contribution in [2.24, 2.45) is 0 Å². The maximum atomic E-state index is 13.7. The van der Waals surface area contributed by atoms with E-state index in [1.54, 1.807) is 0 Å². The normalized spacial score (nSPS) is 23.4. The second-order valence-corrected chi connectivity index (χ2v) is 9.31. The minimum atomic E-state index is -1.28. The third kappa shape index (κ3) is 3.81. The summed E-state index contributed by atoms with van der Waals surface area (Å²) >= 11 is 6.34. The molecule has 0 bridgehead atoms. The van der Waals surface area contributed by atoms with E-state index >= 15 is 0 Å². The first-order chi connectivity index (χ1) is 13.6. The summed E-state index contributed by atoms with van der Waals surface area (Å²) in [6.07, 6.45) is 1.25. The van der Waals surface area contributed by atoms with Gasteiger partial charge in [0, 0.05) is 30.7 Å². The number of halogens is 1. The summed E-state index contributed by atoms with van der Waals surface area (Å²) in [5.41, 5.74) is 0.728. The second kappa shape index (κ2) is 8.45. The second-order valence-electron chi connectivity index (χ2n) is 7.19. The molecule has 0 amide bonds. The van der Waals surface area contributed by atoms with Gasteiger partial charge in [0.1, 0.15) is 5.82 Å². The fraction of sp³-hybridized carbons (Fsp3) is 0.500. The average Bonchev–Trinajstić information content (AvgIpc) is 2.74. The lowest BCUT2D eigenvalue weighted by atomic mass is 9.94. The highest BCUT2D eigenvalue weighted by Gasteiger charge is 2.43. The molecule has 1 unspecified atom stereocenters. The van der Waals surface area contributed by atoms with Crippen molar-refractivity contribution in [1.29, 1.82) is 0 Å². The van der Waals surface area contributed by atoms with E-state index in [9.17, 15) is 4.21 Å². The first-order valence-electron chi connectivity index (χ1n) is 9.54. The van der Waals surface area contributed by atoms with E-state index in [4.69, 9.17) is 21.1 Å². The zero-order chi connectivity index (χ0) is 19.6. The molecule has 2 saturated heterocycles. The third-order valence-corrected chi connectivity index (χ3v) is 7.62. The Labute approximate surface area is 172 Å². The van der Waals surface area contributed by atoms with Gasteiger partial charge in [0.25, 0.3) is 0 Å². The van der Waals surface area contributed by atoms with Crippen LogP contribution in [0.4, 0.5) is 5.82 Å². The van der Waals surface area contributed by atoms with E-state index < -0.39 is 15.5 Å². The number of benzene rings is 1. The standard InChI is InChI=1S/C20H24ClN3O3S/c1-15-14-27-12-9-24(15)18-13-17(22-19(21)23-18)20(7-10-26-11-8-20)28(25)16-5-3-2-4-6-16/h2-6,13,15H,7-12,14H2,1H3/t15-,28?/m0/s1. The number of hydrogen-bond donors (Lipinski definition) is 0. The number of aromatic nitrogens is 2. The lowest BCUT2D eigenvalue weighted by Gasteiger charge is -2.38. The average molecular weight is 422 g/mol. The van der Waals surface area contributed by atoms with Gasteiger partial charge in [-0.2, -0.15) is 0 Å². The molecule has 2 fully saturated rings. The number of hydrogen-bond acceptors (Lipinski definition) is 6. The van der Waals surface area contributed by atoms with E-state index in [1.165, 1.54) is 0 Å². The van der Waals surface area contributed by atoms with Crippen molar-refractivity contribution in [2.45, 2.75) is 35.4 Å². The van der Waals surface area contributed by atoms with Crippen molar-refractivity contribution in [2.75, 3.05) is 37.9 Å². The number of anilines is 1. The van der Waals surface area contributed by atoms with Crippen LogP contribution >= 0.6 is 11.6 Å². The monoisotopic (exact) mass is 421 g/mol. The van der Waals surface area contributed by atoms with Crippen molar-refractivity contribution in [3.8, 4) is 0 Å². The van der Waals surface area contributed by atoms with Crippen LogP contribution in [0.2, 0.25) is 5.28 Å². The van der Waals surface area contributed by atoms with Crippen LogP contribution in [0.1, 0.15) is 25.5 Å². The van der Waals surface area contributed by atoms with E-state index in [-0.39, 0.29) is 11.3 Å². The number of morpholine rings is 1. The Morgan fingerprint density at radius 2 is 1.89 bits per heavy atom. The molecule has 2 atom stereocenters. The highest BCUT2D eigenvalue weighted by molar-refractivity contribution is 7.86. The summed E-state index contributed by atoms with van der Waals surface area (Å²) in [6, 6.07) is 11.7. The van der Waals surface area contributed by atoms with Crippen molar-refractivity contribution < 1.29 is 13.7 Å². The van der Waals surface area contributed by atoms with Gasteiger partial charge in [-0.05, 0) is 43.5 Å². The van der Waals surface area contributed by atoms with Crippen LogP contribution in [0.25, 0.3) is 0 Å². The van der Waals surface area contributed by atoms with Crippen LogP contribution in [0.3, 0.4) is 0 Å². The lowest BCUT2D eigenvalue weighted by molar-refractivity contribution is 0.0743. The first-order valence-corrected chi connectivity index (χ1v) is 11.1. The Hall–Kier alpha value is -1.54. The van der Waals surface area contributed by atoms with Crippen LogP contribution in [0.15, 0.2) is 41.3 Å². The van der Waals surface area contributed by atoms with Gasteiger partial charge < -0.3 is 14.4 Å². The Bertz CT molecular complexity index is 846. The SMILES string of the molecule is C[C@H]1COCCN1c1cc(C2(S(=O)c3ccccc3)CCOCC2)nc(Cl)n1. The van der Waals surface area contributed by atoms with Crippen LogP contribution in [-0.2, 0) is 25.0 Å². The minimum Gasteiger partial charge on any atom is -0.381 e. The molecule has 0 N–H and O–H groups in total. The maximum Gasteiger partial charge on any atom is 0.224 e. The van der Waals surface area contributed by atoms with Gasteiger partial charge in [-0.15, -0.1) is 0 Å². The Morgan fingerprint density at radius 1 is 1.14 bits per heavy atom. The highest BCUT2D eigenvalue weighted by atomic mass is 35.5. The molecule has 0 saturated carbocycles. The maximum absolute atomic E-state index is 13.7. The largest absolute Gasteiger partial charge is 0.381 e. The Balaban J connectivity index is 1.77. The molecule has 2 aromatic rings. The molecule has 2 aliphatic heterocycles. The van der Waals surface area contributed by atoms with Crippen molar-refractivity contribution in [3.05, 3.63) is 47.4 Å². The summed E-state index contributed by atoms with van der Waals surface area (Å²) in [4.78, 5) is 12.0. The number of ether oxygens (including phenoxy) is 2. The van der Waals surface area contributed by atoms with Crippen molar-refractivity contribution in [3.63, 3.8) is 0 Å². The third-order valence-electron chi connectivity index (χ3n) is 5.43. The zero-order valence-electron chi connectivity index (χ0n) is 15.8. The van der Waals surface area contributed by atoms with Crippen LogP contribution < -0.4 is 4.90 Å². The van der Waals surface area contributed by atoms with Gasteiger partial charge in [0.05, 0.1) is 40.5 Å². The summed E-state index contributed by atoms with van der Waals surface area (Å²) in [7, 11) is -1.28. The molecule has 0 spiro atoms. The van der Waals surface area contributed by atoms with Gasteiger partial charge in [-0.1, -0.05) is 18.2 Å². The molecule has 2 aliphatic rings.